The second kappa shape index (κ2) is 8.06. The van der Waals surface area contributed by atoms with Crippen molar-refractivity contribution in [3.05, 3.63) is 29.8 Å². The number of aliphatic imine (C=N–C) groups is 1. The van der Waals surface area contributed by atoms with Crippen molar-refractivity contribution >= 4 is 32.7 Å². The fourth-order valence-corrected chi connectivity index (χ4v) is 8.24. The van der Waals surface area contributed by atoms with Crippen LogP contribution < -0.4 is 4.74 Å². The summed E-state index contributed by atoms with van der Waals surface area (Å²) in [5, 5.41) is 0.650. The molecule has 0 bridgehead atoms. The van der Waals surface area contributed by atoms with Gasteiger partial charge in [-0.2, -0.15) is 4.99 Å². The Balaban J connectivity index is 1.57. The van der Waals surface area contributed by atoms with Gasteiger partial charge in [-0.25, -0.2) is 8.42 Å². The van der Waals surface area contributed by atoms with Crippen molar-refractivity contribution in [2.75, 3.05) is 18.6 Å². The maximum absolute atomic E-state index is 12.7. The molecule has 1 aliphatic carbocycles. The highest BCUT2D eigenvalue weighted by Crippen LogP contribution is 2.39. The van der Waals surface area contributed by atoms with Crippen LogP contribution in [0.25, 0.3) is 0 Å². The first-order valence-corrected chi connectivity index (χ1v) is 12.5. The molecule has 2 unspecified atom stereocenters. The Bertz CT molecular complexity index is 861. The molecule has 0 aromatic heterocycles. The Morgan fingerprint density at radius 1 is 1.18 bits per heavy atom. The van der Waals surface area contributed by atoms with E-state index in [-0.39, 0.29) is 34.6 Å². The zero-order chi connectivity index (χ0) is 19.7. The highest BCUT2D eigenvalue weighted by atomic mass is 32.2. The molecule has 0 spiro atoms. The van der Waals surface area contributed by atoms with Gasteiger partial charge < -0.3 is 9.64 Å². The minimum atomic E-state index is -3.04. The number of fused-ring (bicyclic) bond motifs is 1. The number of carbonyl (C=O) groups excluding carboxylic acids is 1. The van der Waals surface area contributed by atoms with Gasteiger partial charge in [-0.1, -0.05) is 43.2 Å². The summed E-state index contributed by atoms with van der Waals surface area (Å²) in [6.07, 6.45) is 5.21. The number of thioether (sulfide) groups is 1. The molecule has 28 heavy (non-hydrogen) atoms. The first-order chi connectivity index (χ1) is 13.4. The zero-order valence-electron chi connectivity index (χ0n) is 16.0. The maximum atomic E-state index is 12.7. The third kappa shape index (κ3) is 4.22. The Kier molecular flexibility index (Phi) is 5.69. The van der Waals surface area contributed by atoms with E-state index in [0.29, 0.717) is 11.7 Å². The smallest absolute Gasteiger partial charge is 0.251 e. The van der Waals surface area contributed by atoms with Crippen LogP contribution >= 0.6 is 11.8 Å². The summed E-state index contributed by atoms with van der Waals surface area (Å²) in [5.41, 5.74) is 1.05. The van der Waals surface area contributed by atoms with Gasteiger partial charge in [-0.3, -0.25) is 4.79 Å². The highest BCUT2D eigenvalue weighted by Gasteiger charge is 2.48. The molecule has 0 radical (unpaired) electrons. The van der Waals surface area contributed by atoms with Gasteiger partial charge in [0.15, 0.2) is 15.0 Å². The second-order valence-electron chi connectivity index (χ2n) is 7.84. The molecular formula is C20H26N2O4S2. The molecule has 3 fully saturated rings. The second-order valence-corrected chi connectivity index (χ2v) is 11.2. The van der Waals surface area contributed by atoms with Gasteiger partial charge in [0.1, 0.15) is 5.75 Å². The molecule has 6 nitrogen and oxygen atoms in total. The van der Waals surface area contributed by atoms with Gasteiger partial charge in [0, 0.05) is 17.7 Å². The quantitative estimate of drug-likeness (QED) is 0.743. The largest absolute Gasteiger partial charge is 0.497 e. The number of benzene rings is 1. The minimum Gasteiger partial charge on any atom is -0.497 e. The average Bonchev–Trinajstić information content (AvgIpc) is 3.15. The lowest BCUT2D eigenvalue weighted by Crippen LogP contribution is -2.37. The number of carbonyl (C=O) groups is 1. The molecule has 2 saturated heterocycles. The van der Waals surface area contributed by atoms with Gasteiger partial charge in [-0.05, 0) is 30.5 Å². The van der Waals surface area contributed by atoms with Crippen LogP contribution in [0.15, 0.2) is 29.3 Å². The van der Waals surface area contributed by atoms with Crippen LogP contribution in [0.5, 0.6) is 5.75 Å². The minimum absolute atomic E-state index is 0.0221. The fourth-order valence-electron chi connectivity index (χ4n) is 4.28. The first kappa shape index (κ1) is 19.8. The van der Waals surface area contributed by atoms with E-state index in [1.165, 1.54) is 18.2 Å². The van der Waals surface area contributed by atoms with Gasteiger partial charge in [0.05, 0.1) is 24.7 Å². The molecule has 2 aliphatic heterocycles. The van der Waals surface area contributed by atoms with E-state index < -0.39 is 9.84 Å². The van der Waals surface area contributed by atoms with Crippen molar-refractivity contribution in [3.63, 3.8) is 0 Å². The summed E-state index contributed by atoms with van der Waals surface area (Å²) in [6.45, 7) is 0.546. The molecule has 1 amide bonds. The summed E-state index contributed by atoms with van der Waals surface area (Å²) in [5.74, 6) is 1.07. The lowest BCUT2D eigenvalue weighted by atomic mass is 9.89. The third-order valence-electron chi connectivity index (χ3n) is 5.85. The van der Waals surface area contributed by atoms with E-state index in [9.17, 15) is 13.2 Å². The molecule has 2 heterocycles. The summed E-state index contributed by atoms with van der Waals surface area (Å²) in [6, 6.07) is 7.62. The van der Waals surface area contributed by atoms with Crippen LogP contribution in [0, 0.1) is 5.92 Å². The lowest BCUT2D eigenvalue weighted by molar-refractivity contribution is -0.122. The van der Waals surface area contributed by atoms with Crippen LogP contribution in [-0.4, -0.2) is 54.3 Å². The maximum Gasteiger partial charge on any atom is 0.251 e. The van der Waals surface area contributed by atoms with Crippen molar-refractivity contribution in [2.24, 2.45) is 10.9 Å². The number of sulfone groups is 1. The molecule has 8 heteroatoms. The molecule has 0 N–H and O–H groups in total. The van der Waals surface area contributed by atoms with Gasteiger partial charge in [-0.15, -0.1) is 0 Å². The molecule has 2 atom stereocenters. The Morgan fingerprint density at radius 3 is 2.57 bits per heavy atom. The lowest BCUT2D eigenvalue weighted by Gasteiger charge is -2.25. The predicted molar refractivity (Wildman–Crippen MR) is 111 cm³/mol. The molecule has 1 aromatic rings. The normalized spacial score (nSPS) is 28.5. The summed E-state index contributed by atoms with van der Waals surface area (Å²) >= 11 is 1.46. The van der Waals surface area contributed by atoms with E-state index in [4.69, 9.17) is 4.74 Å². The molecule has 152 valence electrons. The monoisotopic (exact) mass is 422 g/mol. The van der Waals surface area contributed by atoms with Crippen LogP contribution in [0.1, 0.15) is 37.7 Å². The van der Waals surface area contributed by atoms with Crippen molar-refractivity contribution in [1.29, 1.82) is 0 Å². The number of hydrogen-bond donors (Lipinski definition) is 0. The number of rotatable bonds is 4. The molecular weight excluding hydrogens is 396 g/mol. The SMILES string of the molecule is COc1ccc(CN2C(=NC(=O)C3CCCCC3)SC3CS(=O)(=O)CC32)cc1. The van der Waals surface area contributed by atoms with Crippen molar-refractivity contribution in [2.45, 2.75) is 49.9 Å². The first-order valence-electron chi connectivity index (χ1n) is 9.84. The molecule has 3 aliphatic rings. The Labute approximate surface area is 170 Å². The van der Waals surface area contributed by atoms with E-state index >= 15 is 0 Å². The van der Waals surface area contributed by atoms with Gasteiger partial charge >= 0.3 is 0 Å². The number of ether oxygens (including phenoxy) is 1. The van der Waals surface area contributed by atoms with Crippen LogP contribution in [-0.2, 0) is 21.2 Å². The third-order valence-corrected chi connectivity index (χ3v) is 9.09. The number of hydrogen-bond acceptors (Lipinski definition) is 5. The number of methoxy groups -OCH3 is 1. The summed E-state index contributed by atoms with van der Waals surface area (Å²) in [7, 11) is -1.41. The van der Waals surface area contributed by atoms with Crippen LogP contribution in [0.4, 0.5) is 0 Å². The average molecular weight is 423 g/mol. The standard InChI is InChI=1S/C20H26N2O4S2/c1-26-16-9-7-14(8-10-16)11-22-17-12-28(24,25)13-18(17)27-20(22)21-19(23)15-5-3-2-4-6-15/h7-10,15,17-18H,2-6,11-13H2,1H3. The number of amides is 1. The van der Waals surface area contributed by atoms with Crippen LogP contribution in [0.3, 0.4) is 0 Å². The van der Waals surface area contributed by atoms with Crippen molar-refractivity contribution < 1.29 is 17.9 Å². The topological polar surface area (TPSA) is 76.0 Å². The van der Waals surface area contributed by atoms with E-state index in [2.05, 4.69) is 4.99 Å². The highest BCUT2D eigenvalue weighted by molar-refractivity contribution is 8.15. The van der Waals surface area contributed by atoms with E-state index in [0.717, 1.165) is 37.0 Å². The fraction of sp³-hybridized carbons (Fsp3) is 0.600. The molecule has 1 aromatic carbocycles. The van der Waals surface area contributed by atoms with Crippen molar-refractivity contribution in [3.8, 4) is 5.75 Å². The number of amidine groups is 1. The Morgan fingerprint density at radius 2 is 1.89 bits per heavy atom. The van der Waals surface area contributed by atoms with Crippen molar-refractivity contribution in [1.82, 2.24) is 4.90 Å². The number of nitrogens with zero attached hydrogens (tertiary/aromatic N) is 2. The van der Waals surface area contributed by atoms with Gasteiger partial charge in [0.25, 0.3) is 5.91 Å². The zero-order valence-corrected chi connectivity index (χ0v) is 17.7. The molecule has 1 saturated carbocycles. The summed E-state index contributed by atoms with van der Waals surface area (Å²) < 4.78 is 29.5. The Hall–Kier alpha value is -1.54. The summed E-state index contributed by atoms with van der Waals surface area (Å²) in [4.78, 5) is 19.2. The van der Waals surface area contributed by atoms with Crippen LogP contribution in [0.2, 0.25) is 0 Å². The van der Waals surface area contributed by atoms with E-state index in [1.807, 2.05) is 29.2 Å². The predicted octanol–water partition coefficient (Wildman–Crippen LogP) is 2.87. The molecule has 4 rings (SSSR count). The van der Waals surface area contributed by atoms with Gasteiger partial charge in [0.2, 0.25) is 0 Å². The van der Waals surface area contributed by atoms with E-state index in [1.54, 1.807) is 7.11 Å².